The topological polar surface area (TPSA) is 20.7 Å². The first-order valence-corrected chi connectivity index (χ1v) is 7.48. The fraction of sp³-hybridized carbons (Fsp3) is 0.533. The molecular formula is C15H18F2N2S. The van der Waals surface area contributed by atoms with E-state index in [4.69, 9.17) is 12.2 Å². The Bertz CT molecular complexity index is 704. The normalized spacial score (nSPS) is 27.1. The van der Waals surface area contributed by atoms with Crippen molar-refractivity contribution in [3.63, 3.8) is 0 Å². The molecule has 0 spiro atoms. The highest BCUT2D eigenvalue weighted by atomic mass is 32.1. The monoisotopic (exact) mass is 296 g/mol. The van der Waals surface area contributed by atoms with Gasteiger partial charge in [0.2, 0.25) is 0 Å². The molecule has 0 radical (unpaired) electrons. The van der Waals surface area contributed by atoms with Gasteiger partial charge in [0.05, 0.1) is 5.52 Å². The minimum Gasteiger partial charge on any atom is -0.330 e. The fourth-order valence-corrected chi connectivity index (χ4v) is 3.61. The number of nitrogens with one attached hydrogen (secondary N) is 1. The molecule has 0 amide bonds. The van der Waals surface area contributed by atoms with Crippen LogP contribution in [0.2, 0.25) is 0 Å². The van der Waals surface area contributed by atoms with Crippen LogP contribution >= 0.6 is 12.2 Å². The van der Waals surface area contributed by atoms with Gasteiger partial charge in [-0.05, 0) is 55.4 Å². The number of fused-ring (bicyclic) bond motifs is 1. The van der Waals surface area contributed by atoms with Crippen molar-refractivity contribution in [3.8, 4) is 0 Å². The first-order valence-electron chi connectivity index (χ1n) is 7.07. The zero-order valence-electron chi connectivity index (χ0n) is 11.6. The molecule has 5 heteroatoms. The predicted octanol–water partition coefficient (Wildman–Crippen LogP) is 4.97. The van der Waals surface area contributed by atoms with Gasteiger partial charge in [-0.15, -0.1) is 0 Å². The van der Waals surface area contributed by atoms with Gasteiger partial charge >= 0.3 is 0 Å². The Morgan fingerprint density at radius 3 is 2.65 bits per heavy atom. The van der Waals surface area contributed by atoms with Gasteiger partial charge < -0.3 is 9.55 Å². The zero-order valence-corrected chi connectivity index (χ0v) is 12.4. The molecule has 2 aromatic rings. The van der Waals surface area contributed by atoms with E-state index >= 15 is 0 Å². The first kappa shape index (κ1) is 13.7. The second kappa shape index (κ2) is 4.95. The van der Waals surface area contributed by atoms with Crippen molar-refractivity contribution < 1.29 is 8.78 Å². The summed E-state index contributed by atoms with van der Waals surface area (Å²) >= 11 is 5.32. The fourth-order valence-electron chi connectivity index (χ4n) is 3.26. The molecule has 1 aliphatic carbocycles. The molecule has 1 N–H and O–H groups in total. The highest BCUT2D eigenvalue weighted by molar-refractivity contribution is 7.71. The maximum Gasteiger partial charge on any atom is 0.184 e. The number of rotatable bonds is 1. The molecule has 1 aliphatic rings. The summed E-state index contributed by atoms with van der Waals surface area (Å²) in [4.78, 5) is 2.99. The number of aromatic amines is 1. The number of nitrogens with zero attached hydrogens (tertiary/aromatic N) is 1. The Labute approximate surface area is 121 Å². The summed E-state index contributed by atoms with van der Waals surface area (Å²) in [6.07, 6.45) is 3.01. The lowest BCUT2D eigenvalue weighted by Gasteiger charge is -2.33. The van der Waals surface area contributed by atoms with Gasteiger partial charge in [0.25, 0.3) is 0 Å². The number of imidazole rings is 1. The molecular weight excluding hydrogens is 278 g/mol. The molecule has 1 fully saturated rings. The van der Waals surface area contributed by atoms with Crippen LogP contribution in [-0.4, -0.2) is 9.55 Å². The second-order valence-corrected chi connectivity index (χ2v) is 6.37. The van der Waals surface area contributed by atoms with E-state index in [1.54, 1.807) is 10.6 Å². The van der Waals surface area contributed by atoms with Gasteiger partial charge in [-0.2, -0.15) is 0 Å². The van der Waals surface area contributed by atoms with E-state index in [0.717, 1.165) is 25.3 Å². The van der Waals surface area contributed by atoms with Gasteiger partial charge in [0.15, 0.2) is 16.4 Å². The minimum absolute atomic E-state index is 0.152. The summed E-state index contributed by atoms with van der Waals surface area (Å²) in [5.74, 6) is -0.386. The van der Waals surface area contributed by atoms with Crippen molar-refractivity contribution in [3.05, 3.63) is 28.5 Å². The van der Waals surface area contributed by atoms with Gasteiger partial charge in [-0.1, -0.05) is 13.8 Å². The van der Waals surface area contributed by atoms with Crippen LogP contribution in [0.1, 0.15) is 39.2 Å². The number of H-pyrrole nitrogens is 1. The summed E-state index contributed by atoms with van der Waals surface area (Å²) in [6.45, 7) is 4.46. The number of benzene rings is 1. The zero-order chi connectivity index (χ0) is 14.4. The molecule has 3 rings (SSSR count). The number of halogens is 2. The van der Waals surface area contributed by atoms with Gasteiger partial charge in [-0.3, -0.25) is 0 Å². The summed E-state index contributed by atoms with van der Waals surface area (Å²) in [7, 11) is 0. The number of aromatic nitrogens is 2. The molecule has 1 saturated carbocycles. The van der Waals surface area contributed by atoms with Crippen molar-refractivity contribution in [2.45, 2.75) is 39.2 Å². The maximum absolute atomic E-state index is 14.1. The Morgan fingerprint density at radius 1 is 1.20 bits per heavy atom. The standard InChI is InChI=1S/C15H18F2N2S/c1-8-3-4-10(7-9(8)2)19-14-12(18-15(19)20)6-5-11(16)13(14)17/h5-6,8-10H,3-4,7H2,1-2H3,(H,18,20). The van der Waals surface area contributed by atoms with Crippen LogP contribution in [0.5, 0.6) is 0 Å². The largest absolute Gasteiger partial charge is 0.330 e. The average molecular weight is 296 g/mol. The Morgan fingerprint density at radius 2 is 1.95 bits per heavy atom. The van der Waals surface area contributed by atoms with Crippen molar-refractivity contribution in [2.24, 2.45) is 11.8 Å². The molecule has 2 nitrogen and oxygen atoms in total. The Kier molecular flexibility index (Phi) is 3.40. The molecule has 3 unspecified atom stereocenters. The molecule has 0 aliphatic heterocycles. The van der Waals surface area contributed by atoms with Crippen molar-refractivity contribution >= 4 is 23.3 Å². The number of hydrogen-bond donors (Lipinski definition) is 1. The van der Waals surface area contributed by atoms with Crippen molar-refractivity contribution in [1.82, 2.24) is 9.55 Å². The maximum atomic E-state index is 14.1. The highest BCUT2D eigenvalue weighted by Gasteiger charge is 2.28. The van der Waals surface area contributed by atoms with Crippen LogP contribution in [0, 0.1) is 28.2 Å². The van der Waals surface area contributed by atoms with Crippen molar-refractivity contribution in [2.75, 3.05) is 0 Å². The van der Waals surface area contributed by atoms with Crippen LogP contribution in [-0.2, 0) is 0 Å². The van der Waals surface area contributed by atoms with Gasteiger partial charge in [-0.25, -0.2) is 8.78 Å². The Balaban J connectivity index is 2.14. The third-order valence-electron chi connectivity index (χ3n) is 4.71. The van der Waals surface area contributed by atoms with Gasteiger partial charge in [0.1, 0.15) is 5.52 Å². The lowest BCUT2D eigenvalue weighted by atomic mass is 9.79. The quantitative estimate of drug-likeness (QED) is 0.736. The summed E-state index contributed by atoms with van der Waals surface area (Å²) in [5, 5.41) is 0. The van der Waals surface area contributed by atoms with E-state index in [2.05, 4.69) is 18.8 Å². The molecule has 1 heterocycles. The van der Waals surface area contributed by atoms with E-state index < -0.39 is 11.6 Å². The first-order chi connectivity index (χ1) is 9.49. The third kappa shape index (κ3) is 2.08. The molecule has 1 aromatic heterocycles. The van der Waals surface area contributed by atoms with Crippen LogP contribution in [0.4, 0.5) is 8.78 Å². The van der Waals surface area contributed by atoms with E-state index in [-0.39, 0.29) is 11.6 Å². The second-order valence-electron chi connectivity index (χ2n) is 5.98. The van der Waals surface area contributed by atoms with E-state index in [1.807, 2.05) is 0 Å². The summed E-state index contributed by atoms with van der Waals surface area (Å²) < 4.78 is 29.9. The van der Waals surface area contributed by atoms with E-state index in [9.17, 15) is 8.78 Å². The SMILES string of the molecule is CC1CCC(n2c(=S)[nH]c3ccc(F)c(F)c32)CC1C. The minimum atomic E-state index is -0.822. The lowest BCUT2D eigenvalue weighted by Crippen LogP contribution is -2.23. The van der Waals surface area contributed by atoms with E-state index in [1.165, 1.54) is 0 Å². The molecule has 20 heavy (non-hydrogen) atoms. The molecule has 0 saturated heterocycles. The molecule has 108 valence electrons. The summed E-state index contributed by atoms with van der Waals surface area (Å²) in [6, 6.07) is 2.84. The molecule has 0 bridgehead atoms. The lowest BCUT2D eigenvalue weighted by molar-refractivity contribution is 0.212. The van der Waals surface area contributed by atoms with Gasteiger partial charge in [0, 0.05) is 6.04 Å². The van der Waals surface area contributed by atoms with E-state index in [0.29, 0.717) is 22.1 Å². The summed E-state index contributed by atoms with van der Waals surface area (Å²) in [5.41, 5.74) is 0.849. The van der Waals surface area contributed by atoms with Crippen LogP contribution in [0.3, 0.4) is 0 Å². The number of hydrogen-bond acceptors (Lipinski definition) is 1. The Hall–Kier alpha value is -1.23. The highest BCUT2D eigenvalue weighted by Crippen LogP contribution is 2.38. The predicted molar refractivity (Wildman–Crippen MR) is 78.3 cm³/mol. The van der Waals surface area contributed by atoms with Crippen molar-refractivity contribution in [1.29, 1.82) is 0 Å². The van der Waals surface area contributed by atoms with Crippen LogP contribution in [0.15, 0.2) is 12.1 Å². The molecule has 1 aromatic carbocycles. The van der Waals surface area contributed by atoms with Crippen LogP contribution in [0.25, 0.3) is 11.0 Å². The van der Waals surface area contributed by atoms with Crippen LogP contribution < -0.4 is 0 Å². The molecule has 3 atom stereocenters. The third-order valence-corrected chi connectivity index (χ3v) is 5.00. The smallest absolute Gasteiger partial charge is 0.184 e. The average Bonchev–Trinajstić information content (AvgIpc) is 2.74.